The summed E-state index contributed by atoms with van der Waals surface area (Å²) in [5, 5.41) is 0. The molecule has 0 heterocycles. The minimum atomic E-state index is -0.555. The van der Waals surface area contributed by atoms with E-state index in [4.69, 9.17) is 32.7 Å². The van der Waals surface area contributed by atoms with Crippen molar-refractivity contribution in [3.63, 3.8) is 0 Å². The summed E-state index contributed by atoms with van der Waals surface area (Å²) >= 11 is 14.3. The summed E-state index contributed by atoms with van der Waals surface area (Å²) in [7, 11) is 0. The topological polar surface area (TPSA) is 18.5 Å². The van der Waals surface area contributed by atoms with Gasteiger partial charge >= 0.3 is 0 Å². The van der Waals surface area contributed by atoms with E-state index in [0.717, 1.165) is 64.6 Å². The number of alkyl halides is 2. The smallest absolute Gasteiger partial charge is 0.129 e. The molecule has 3 aliphatic carbocycles. The molecular weight excluding hydrogens is 391 g/mol. The molecule has 0 amide bonds. The van der Waals surface area contributed by atoms with Crippen LogP contribution in [0.1, 0.15) is 110 Å². The minimum absolute atomic E-state index is 0.133. The molecule has 3 saturated carbocycles. The molecule has 28 heavy (non-hydrogen) atoms. The molecule has 0 atom stereocenters. The van der Waals surface area contributed by atoms with E-state index in [-0.39, 0.29) is 10.8 Å². The van der Waals surface area contributed by atoms with Crippen LogP contribution in [0.2, 0.25) is 0 Å². The summed E-state index contributed by atoms with van der Waals surface area (Å²) in [6.45, 7) is 6.32. The summed E-state index contributed by atoms with van der Waals surface area (Å²) in [5.41, 5.74) is 0.266. The maximum atomic E-state index is 7.15. The summed E-state index contributed by atoms with van der Waals surface area (Å²) < 4.78 is 11.7. The third-order valence-electron chi connectivity index (χ3n) is 7.99. The van der Waals surface area contributed by atoms with Crippen LogP contribution in [0.5, 0.6) is 0 Å². The molecule has 2 spiro atoms. The lowest BCUT2D eigenvalue weighted by molar-refractivity contribution is -0.139. The molecule has 0 aromatic heterocycles. The van der Waals surface area contributed by atoms with E-state index in [9.17, 15) is 0 Å². The lowest BCUT2D eigenvalue weighted by Gasteiger charge is -2.69. The zero-order valence-electron chi connectivity index (χ0n) is 18.2. The van der Waals surface area contributed by atoms with Gasteiger partial charge in [-0.1, -0.05) is 39.5 Å². The highest BCUT2D eigenvalue weighted by molar-refractivity contribution is 6.50. The van der Waals surface area contributed by atoms with Gasteiger partial charge in [0.1, 0.15) is 4.33 Å². The van der Waals surface area contributed by atoms with Gasteiger partial charge in [0.2, 0.25) is 0 Å². The van der Waals surface area contributed by atoms with Crippen molar-refractivity contribution < 1.29 is 9.47 Å². The predicted molar refractivity (Wildman–Crippen MR) is 119 cm³/mol. The SMILES string of the molecule is CCCCCOC1CC[C@]2(CC1)C[C@@]1(CCC(OCCCCC)CC1)C2(Cl)Cl. The first-order valence-corrected chi connectivity index (χ1v) is 12.9. The van der Waals surface area contributed by atoms with Gasteiger partial charge in [-0.3, -0.25) is 0 Å². The fourth-order valence-electron chi connectivity index (χ4n) is 6.13. The van der Waals surface area contributed by atoms with Crippen LogP contribution < -0.4 is 0 Å². The number of ether oxygens (including phenoxy) is 2. The summed E-state index contributed by atoms with van der Waals surface area (Å²) in [6.07, 6.45) is 18.6. The molecule has 164 valence electrons. The molecule has 3 fully saturated rings. The highest BCUT2D eigenvalue weighted by Crippen LogP contribution is 2.76. The van der Waals surface area contributed by atoms with E-state index in [1.54, 1.807) is 0 Å². The van der Waals surface area contributed by atoms with Gasteiger partial charge in [0.15, 0.2) is 0 Å². The average molecular weight is 434 g/mol. The Morgan fingerprint density at radius 3 is 1.39 bits per heavy atom. The third-order valence-corrected chi connectivity index (χ3v) is 9.59. The first kappa shape index (κ1) is 23.2. The van der Waals surface area contributed by atoms with Crippen LogP contribution in [0.3, 0.4) is 0 Å². The van der Waals surface area contributed by atoms with E-state index < -0.39 is 4.33 Å². The Labute approximate surface area is 183 Å². The lowest BCUT2D eigenvalue weighted by Crippen LogP contribution is -2.67. The van der Waals surface area contributed by atoms with Crippen molar-refractivity contribution in [2.75, 3.05) is 13.2 Å². The molecule has 0 saturated heterocycles. The van der Waals surface area contributed by atoms with Gasteiger partial charge in [-0.05, 0) is 70.6 Å². The molecule has 0 N–H and O–H groups in total. The van der Waals surface area contributed by atoms with Gasteiger partial charge in [0.25, 0.3) is 0 Å². The lowest BCUT2D eigenvalue weighted by atomic mass is 9.44. The Morgan fingerprint density at radius 1 is 0.679 bits per heavy atom. The molecule has 0 aromatic rings. The number of rotatable bonds is 10. The molecule has 0 aliphatic heterocycles. The Bertz CT molecular complexity index is 423. The number of unbranched alkanes of at least 4 members (excludes halogenated alkanes) is 4. The van der Waals surface area contributed by atoms with E-state index in [1.165, 1.54) is 44.9 Å². The Kier molecular flexibility index (Phi) is 8.44. The van der Waals surface area contributed by atoms with Crippen molar-refractivity contribution in [2.24, 2.45) is 10.8 Å². The van der Waals surface area contributed by atoms with Gasteiger partial charge in [-0.15, -0.1) is 23.2 Å². The second-order valence-electron chi connectivity index (χ2n) is 9.87. The molecule has 4 heteroatoms. The van der Waals surface area contributed by atoms with Gasteiger partial charge in [-0.2, -0.15) is 0 Å². The molecular formula is C24H42Cl2O2. The second-order valence-corrected chi connectivity index (χ2v) is 11.2. The zero-order valence-corrected chi connectivity index (χ0v) is 19.8. The largest absolute Gasteiger partial charge is 0.378 e. The number of hydrogen-bond donors (Lipinski definition) is 0. The van der Waals surface area contributed by atoms with Crippen LogP contribution in [0.4, 0.5) is 0 Å². The second kappa shape index (κ2) is 10.2. The molecule has 3 rings (SSSR count). The monoisotopic (exact) mass is 432 g/mol. The van der Waals surface area contributed by atoms with Crippen molar-refractivity contribution >= 4 is 23.2 Å². The van der Waals surface area contributed by atoms with Crippen molar-refractivity contribution in [2.45, 2.75) is 127 Å². The number of halogens is 2. The Balaban J connectivity index is 1.42. The summed E-state index contributed by atoms with van der Waals surface area (Å²) in [4.78, 5) is 0. The van der Waals surface area contributed by atoms with Crippen molar-refractivity contribution in [3.05, 3.63) is 0 Å². The quantitative estimate of drug-likeness (QED) is 0.258. The molecule has 0 unspecified atom stereocenters. The fourth-order valence-corrected chi connectivity index (χ4v) is 7.16. The average Bonchev–Trinajstić information content (AvgIpc) is 2.71. The first-order valence-electron chi connectivity index (χ1n) is 12.1. The van der Waals surface area contributed by atoms with Crippen molar-refractivity contribution in [3.8, 4) is 0 Å². The minimum Gasteiger partial charge on any atom is -0.378 e. The standard InChI is InChI=1S/C24H42Cl2O2/c1-3-5-7-17-27-20-9-13-22(14-10-20)19-23(24(22,25)26)15-11-21(12-16-23)28-18-8-6-4-2/h20-21H,3-19H2,1-2H3/t20?,21?,22-,23-. The van der Waals surface area contributed by atoms with Gasteiger partial charge < -0.3 is 9.47 Å². The summed E-state index contributed by atoms with van der Waals surface area (Å²) in [5.74, 6) is 0. The fraction of sp³-hybridized carbons (Fsp3) is 1.00. The Morgan fingerprint density at radius 2 is 1.07 bits per heavy atom. The normalized spacial score (nSPS) is 37.3. The van der Waals surface area contributed by atoms with Crippen LogP contribution in [0.25, 0.3) is 0 Å². The summed E-state index contributed by atoms with van der Waals surface area (Å²) in [6, 6.07) is 0. The van der Waals surface area contributed by atoms with E-state index in [1.807, 2.05) is 0 Å². The maximum absolute atomic E-state index is 7.15. The zero-order chi connectivity index (χ0) is 20.1. The number of hydrogen-bond acceptors (Lipinski definition) is 2. The molecule has 0 bridgehead atoms. The highest BCUT2D eigenvalue weighted by Gasteiger charge is 2.72. The molecule has 3 aliphatic rings. The Hall–Kier alpha value is 0.500. The first-order chi connectivity index (χ1) is 13.5. The van der Waals surface area contributed by atoms with Gasteiger partial charge in [-0.25, -0.2) is 0 Å². The van der Waals surface area contributed by atoms with E-state index >= 15 is 0 Å². The highest BCUT2D eigenvalue weighted by atomic mass is 35.5. The molecule has 0 radical (unpaired) electrons. The van der Waals surface area contributed by atoms with Crippen LogP contribution in [-0.2, 0) is 9.47 Å². The van der Waals surface area contributed by atoms with Crippen LogP contribution in [0, 0.1) is 10.8 Å². The molecule has 0 aromatic carbocycles. The predicted octanol–water partition coefficient (Wildman–Crippen LogP) is 7.84. The van der Waals surface area contributed by atoms with Crippen molar-refractivity contribution in [1.29, 1.82) is 0 Å². The van der Waals surface area contributed by atoms with Crippen molar-refractivity contribution in [1.82, 2.24) is 0 Å². The molecule has 2 nitrogen and oxygen atoms in total. The van der Waals surface area contributed by atoms with Crippen LogP contribution >= 0.6 is 23.2 Å². The maximum Gasteiger partial charge on any atom is 0.129 e. The third kappa shape index (κ3) is 4.71. The van der Waals surface area contributed by atoms with Crippen LogP contribution in [-0.4, -0.2) is 29.8 Å². The van der Waals surface area contributed by atoms with Gasteiger partial charge in [0.05, 0.1) is 12.2 Å². The van der Waals surface area contributed by atoms with Crippen LogP contribution in [0.15, 0.2) is 0 Å². The van der Waals surface area contributed by atoms with E-state index in [0.29, 0.717) is 12.2 Å². The van der Waals surface area contributed by atoms with Gasteiger partial charge in [0, 0.05) is 24.0 Å². The van der Waals surface area contributed by atoms with E-state index in [2.05, 4.69) is 13.8 Å².